The first-order chi connectivity index (χ1) is 24.5. The van der Waals surface area contributed by atoms with Crippen LogP contribution in [0.5, 0.6) is 5.75 Å². The normalized spacial score (nSPS) is 16.5. The van der Waals surface area contributed by atoms with E-state index < -0.39 is 23.2 Å². The van der Waals surface area contributed by atoms with Crippen molar-refractivity contribution in [2.24, 2.45) is 5.92 Å². The molecule has 270 valence electrons. The standard InChI is InChI=1S/C38H45F2N7O4/c1-27(28(2)49)46-18-19-47(37(46)50)33-7-5-31(6-8-33)43-14-16-44(17-15-43)32-9-11-34(12-10-32)51-23-29(22-48)21-38(3,24-45-26-41-25-42-45)35-13-4-30(39)20-36(35)40/h4-13,18-20,25-29,48-49H,14-17,21-24H2,1-3H3/t27-,28-,29-,38+/m0/s1. The molecule has 1 saturated heterocycles. The van der Waals surface area contributed by atoms with E-state index in [9.17, 15) is 19.4 Å². The van der Waals surface area contributed by atoms with Gasteiger partial charge in [-0.15, -0.1) is 0 Å². The van der Waals surface area contributed by atoms with Gasteiger partial charge in [0.1, 0.15) is 30.0 Å². The second-order valence-corrected chi connectivity index (χ2v) is 13.7. The van der Waals surface area contributed by atoms with E-state index in [4.69, 9.17) is 4.74 Å². The van der Waals surface area contributed by atoms with Crippen molar-refractivity contribution in [2.75, 3.05) is 49.2 Å². The zero-order valence-electron chi connectivity index (χ0n) is 29.1. The Balaban J connectivity index is 1.03. The lowest BCUT2D eigenvalue weighted by atomic mass is 9.75. The minimum Gasteiger partial charge on any atom is -0.493 e. The number of ether oxygens (including phenoxy) is 1. The van der Waals surface area contributed by atoms with E-state index >= 15 is 4.39 Å². The number of aliphatic hydroxyl groups excluding tert-OH is 2. The molecular formula is C38H45F2N7O4. The van der Waals surface area contributed by atoms with Crippen LogP contribution in [0.15, 0.2) is 96.6 Å². The summed E-state index contributed by atoms with van der Waals surface area (Å²) in [5, 5.41) is 24.4. The lowest BCUT2D eigenvalue weighted by Crippen LogP contribution is -2.46. The second kappa shape index (κ2) is 15.5. The van der Waals surface area contributed by atoms with Crippen LogP contribution in [0.2, 0.25) is 0 Å². The fraction of sp³-hybridized carbons (Fsp3) is 0.395. The monoisotopic (exact) mass is 701 g/mol. The van der Waals surface area contributed by atoms with Crippen molar-refractivity contribution in [2.45, 2.75) is 51.3 Å². The van der Waals surface area contributed by atoms with Gasteiger partial charge in [0.2, 0.25) is 0 Å². The van der Waals surface area contributed by atoms with Crippen molar-refractivity contribution in [1.29, 1.82) is 0 Å². The lowest BCUT2D eigenvalue weighted by Gasteiger charge is -2.37. The minimum absolute atomic E-state index is 0.171. The Labute approximate surface area is 296 Å². The summed E-state index contributed by atoms with van der Waals surface area (Å²) in [6.45, 7) is 9.03. The Morgan fingerprint density at radius 1 is 0.902 bits per heavy atom. The number of hydrogen-bond donors (Lipinski definition) is 2. The van der Waals surface area contributed by atoms with Gasteiger partial charge in [-0.05, 0) is 80.4 Å². The fourth-order valence-electron chi connectivity index (χ4n) is 6.87. The predicted molar refractivity (Wildman–Crippen MR) is 192 cm³/mol. The Morgan fingerprint density at radius 2 is 1.53 bits per heavy atom. The van der Waals surface area contributed by atoms with Gasteiger partial charge >= 0.3 is 5.69 Å². The van der Waals surface area contributed by atoms with Crippen LogP contribution in [-0.4, -0.2) is 79.6 Å². The molecule has 3 aromatic carbocycles. The average Bonchev–Trinajstić information content (AvgIpc) is 3.79. The van der Waals surface area contributed by atoms with Crippen LogP contribution in [0.25, 0.3) is 5.69 Å². The summed E-state index contributed by atoms with van der Waals surface area (Å²) in [5.74, 6) is -0.958. The molecule has 2 N–H and O–H groups in total. The summed E-state index contributed by atoms with van der Waals surface area (Å²) in [7, 11) is 0. The Hall–Kier alpha value is -5.01. The van der Waals surface area contributed by atoms with Crippen LogP contribution in [0.3, 0.4) is 0 Å². The highest BCUT2D eigenvalue weighted by Gasteiger charge is 2.34. The van der Waals surface area contributed by atoms with Gasteiger partial charge in [0, 0.05) is 74.0 Å². The van der Waals surface area contributed by atoms with Crippen molar-refractivity contribution < 1.29 is 23.7 Å². The number of hydrogen-bond acceptors (Lipinski definition) is 8. The number of imidazole rings is 1. The Morgan fingerprint density at radius 3 is 2.10 bits per heavy atom. The predicted octanol–water partition coefficient (Wildman–Crippen LogP) is 4.81. The van der Waals surface area contributed by atoms with E-state index in [1.807, 2.05) is 62.4 Å². The molecule has 0 aliphatic carbocycles. The first-order valence-electron chi connectivity index (χ1n) is 17.2. The molecule has 2 aromatic heterocycles. The van der Waals surface area contributed by atoms with Gasteiger partial charge < -0.3 is 24.7 Å². The molecule has 0 unspecified atom stereocenters. The average molecular weight is 702 g/mol. The highest BCUT2D eigenvalue weighted by molar-refractivity contribution is 5.54. The highest BCUT2D eigenvalue weighted by atomic mass is 19.1. The molecule has 1 aliphatic rings. The summed E-state index contributed by atoms with van der Waals surface area (Å²) in [6, 6.07) is 19.1. The maximum absolute atomic E-state index is 15.0. The summed E-state index contributed by atoms with van der Waals surface area (Å²) < 4.78 is 39.6. The van der Waals surface area contributed by atoms with Gasteiger partial charge in [0.25, 0.3) is 0 Å². The first kappa shape index (κ1) is 35.8. The van der Waals surface area contributed by atoms with Crippen LogP contribution < -0.4 is 20.2 Å². The maximum atomic E-state index is 15.0. The van der Waals surface area contributed by atoms with Gasteiger partial charge in [-0.3, -0.25) is 13.8 Å². The number of benzene rings is 3. The van der Waals surface area contributed by atoms with E-state index in [-0.39, 0.29) is 30.9 Å². The molecule has 6 rings (SSSR count). The molecule has 13 heteroatoms. The maximum Gasteiger partial charge on any atom is 0.333 e. The molecule has 0 saturated carbocycles. The number of rotatable bonds is 14. The van der Waals surface area contributed by atoms with Crippen molar-refractivity contribution in [1.82, 2.24) is 23.9 Å². The lowest BCUT2D eigenvalue weighted by molar-refractivity contribution is 0.128. The van der Waals surface area contributed by atoms with Crippen LogP contribution >= 0.6 is 0 Å². The summed E-state index contributed by atoms with van der Waals surface area (Å²) in [5.41, 5.74) is 2.28. The molecule has 3 heterocycles. The van der Waals surface area contributed by atoms with Gasteiger partial charge in [-0.2, -0.15) is 5.10 Å². The van der Waals surface area contributed by atoms with E-state index in [0.29, 0.717) is 24.3 Å². The van der Waals surface area contributed by atoms with Crippen molar-refractivity contribution in [3.05, 3.63) is 119 Å². The molecule has 4 atom stereocenters. The topological polar surface area (TPSA) is 114 Å². The number of nitrogens with zero attached hydrogens (tertiary/aromatic N) is 7. The van der Waals surface area contributed by atoms with Crippen molar-refractivity contribution in [3.8, 4) is 11.4 Å². The van der Waals surface area contributed by atoms with Crippen molar-refractivity contribution in [3.63, 3.8) is 0 Å². The van der Waals surface area contributed by atoms with Crippen LogP contribution in [0.4, 0.5) is 20.2 Å². The van der Waals surface area contributed by atoms with E-state index in [1.165, 1.54) is 18.5 Å². The Kier molecular flexibility index (Phi) is 10.9. The van der Waals surface area contributed by atoms with Crippen LogP contribution in [0.1, 0.15) is 38.8 Å². The summed E-state index contributed by atoms with van der Waals surface area (Å²) in [4.78, 5) is 21.5. The molecular weight excluding hydrogens is 656 g/mol. The molecule has 5 aromatic rings. The fourth-order valence-corrected chi connectivity index (χ4v) is 6.87. The molecule has 0 bridgehead atoms. The van der Waals surface area contributed by atoms with E-state index in [1.54, 1.807) is 39.5 Å². The third kappa shape index (κ3) is 8.15. The molecule has 1 aliphatic heterocycles. The molecule has 0 amide bonds. The molecule has 51 heavy (non-hydrogen) atoms. The van der Waals surface area contributed by atoms with Crippen LogP contribution in [-0.2, 0) is 12.0 Å². The minimum atomic E-state index is -0.819. The number of aromatic nitrogens is 5. The largest absolute Gasteiger partial charge is 0.493 e. The second-order valence-electron chi connectivity index (χ2n) is 13.7. The van der Waals surface area contributed by atoms with Gasteiger partial charge in [-0.1, -0.05) is 13.0 Å². The third-order valence-electron chi connectivity index (χ3n) is 9.96. The quantitative estimate of drug-likeness (QED) is 0.170. The molecule has 0 spiro atoms. The molecule has 11 nitrogen and oxygen atoms in total. The zero-order chi connectivity index (χ0) is 36.1. The van der Waals surface area contributed by atoms with Crippen molar-refractivity contribution >= 4 is 11.4 Å². The number of halogens is 2. The smallest absolute Gasteiger partial charge is 0.333 e. The highest BCUT2D eigenvalue weighted by Crippen LogP contribution is 2.35. The Bertz CT molecular complexity index is 1920. The van der Waals surface area contributed by atoms with Gasteiger partial charge in [-0.25, -0.2) is 18.6 Å². The summed E-state index contributed by atoms with van der Waals surface area (Å²) >= 11 is 0. The van der Waals surface area contributed by atoms with Crippen LogP contribution in [0, 0.1) is 17.6 Å². The van der Waals surface area contributed by atoms with Gasteiger partial charge in [0.15, 0.2) is 0 Å². The summed E-state index contributed by atoms with van der Waals surface area (Å²) in [6.07, 6.45) is 6.13. The van der Waals surface area contributed by atoms with E-state index in [2.05, 4.69) is 19.9 Å². The third-order valence-corrected chi connectivity index (χ3v) is 9.96. The number of piperazine rings is 1. The van der Waals surface area contributed by atoms with E-state index in [0.717, 1.165) is 49.3 Å². The SMILES string of the molecule is C[C@H](O)[C@H](C)n1ccn(-c2ccc(N3CCN(c4ccc(OC[C@H](CO)C[C@](C)(Cn5cncn5)c5ccc(F)cc5F)cc4)CC3)cc2)c1=O. The van der Waals surface area contributed by atoms with Gasteiger partial charge in [0.05, 0.1) is 31.0 Å². The number of aliphatic hydroxyl groups is 2. The number of anilines is 2. The zero-order valence-corrected chi connectivity index (χ0v) is 29.1. The molecule has 1 fully saturated rings. The molecule has 0 radical (unpaired) electrons. The first-order valence-corrected chi connectivity index (χ1v) is 17.2.